The van der Waals surface area contributed by atoms with Crippen LogP contribution in [-0.2, 0) is 15.7 Å². The van der Waals surface area contributed by atoms with Gasteiger partial charge in [-0.05, 0) is 30.3 Å². The number of carbonyl (C=O) groups excluding carboxylic acids is 2. The number of H-pyrrole nitrogens is 1. The average molecular weight is 478 g/mol. The number of benzene rings is 3. The zero-order valence-electron chi connectivity index (χ0n) is 17.7. The molecule has 0 saturated carbocycles. The molecule has 3 N–H and O–H groups in total. The van der Waals surface area contributed by atoms with E-state index >= 15 is 0 Å². The van der Waals surface area contributed by atoms with Crippen LogP contribution < -0.4 is 10.1 Å². The smallest absolute Gasteiger partial charge is 0.375 e. The predicted octanol–water partition coefficient (Wildman–Crippen LogP) is 2.32. The summed E-state index contributed by atoms with van der Waals surface area (Å²) >= 11 is 0. The molecule has 0 bridgehead atoms. The third-order valence-electron chi connectivity index (χ3n) is 5.55. The summed E-state index contributed by atoms with van der Waals surface area (Å²) in [7, 11) is -3.05. The van der Waals surface area contributed by atoms with Gasteiger partial charge in [0, 0.05) is 23.7 Å². The Morgan fingerprint density at radius 3 is 2.53 bits per heavy atom. The lowest BCUT2D eigenvalue weighted by Crippen LogP contribution is -2.48. The normalized spacial score (nSPS) is 17.6. The highest BCUT2D eigenvalue weighted by Gasteiger charge is 2.55. The highest BCUT2D eigenvalue weighted by Crippen LogP contribution is 2.45. The van der Waals surface area contributed by atoms with Gasteiger partial charge >= 0.3 is 12.1 Å². The van der Waals surface area contributed by atoms with E-state index in [0.29, 0.717) is 15.3 Å². The van der Waals surface area contributed by atoms with Crippen molar-refractivity contribution in [2.45, 2.75) is 10.6 Å². The Morgan fingerprint density at radius 1 is 1.09 bits per heavy atom. The zero-order chi connectivity index (χ0) is 24.1. The standard InChI is InChI=1S/C23H18N4O6S/c1-24-22(29)33-21-25-18-12-11-14(13-19(18)26-21)23(30)17-10-6-5-9-16(17)20(28)27(23)34(31,32)15-7-3-2-4-8-15/h2-13,30H,1H3,(H,24,29)(H,25,26). The lowest BCUT2D eigenvalue weighted by atomic mass is 9.94. The summed E-state index contributed by atoms with van der Waals surface area (Å²) in [6.45, 7) is 0. The van der Waals surface area contributed by atoms with Crippen molar-refractivity contribution in [1.82, 2.24) is 19.6 Å². The number of rotatable bonds is 4. The maximum Gasteiger partial charge on any atom is 0.414 e. The summed E-state index contributed by atoms with van der Waals surface area (Å²) in [6.07, 6.45) is -0.728. The second kappa shape index (κ2) is 7.68. The second-order valence-corrected chi connectivity index (χ2v) is 9.31. The zero-order valence-corrected chi connectivity index (χ0v) is 18.5. The second-order valence-electron chi connectivity index (χ2n) is 7.52. The highest BCUT2D eigenvalue weighted by molar-refractivity contribution is 7.89. The van der Waals surface area contributed by atoms with E-state index in [9.17, 15) is 23.1 Å². The average Bonchev–Trinajstić information content (AvgIpc) is 3.35. The summed E-state index contributed by atoms with van der Waals surface area (Å²) in [6, 6.07) is 18.0. The Bertz CT molecular complexity index is 1550. The SMILES string of the molecule is CNC(=O)Oc1nc2ccc(C3(O)c4ccccc4C(=O)N3S(=O)(=O)c3ccccc3)cc2[nH]1. The van der Waals surface area contributed by atoms with Gasteiger partial charge in [-0.15, -0.1) is 0 Å². The summed E-state index contributed by atoms with van der Waals surface area (Å²) in [5.74, 6) is -0.852. The number of imidazole rings is 1. The van der Waals surface area contributed by atoms with Gasteiger partial charge < -0.3 is 20.1 Å². The monoisotopic (exact) mass is 478 g/mol. The van der Waals surface area contributed by atoms with Crippen LogP contribution in [0, 0.1) is 0 Å². The molecule has 0 spiro atoms. The third-order valence-corrected chi connectivity index (χ3v) is 7.33. The van der Waals surface area contributed by atoms with Crippen LogP contribution in [0.15, 0.2) is 77.7 Å². The molecule has 2 amide bonds. The van der Waals surface area contributed by atoms with Crippen LogP contribution in [-0.4, -0.2) is 46.8 Å². The first-order valence-corrected chi connectivity index (χ1v) is 11.6. The number of hydrogen-bond acceptors (Lipinski definition) is 7. The number of amides is 2. The fourth-order valence-corrected chi connectivity index (χ4v) is 5.56. The summed E-state index contributed by atoms with van der Waals surface area (Å²) in [5.41, 5.74) is -1.27. The molecule has 3 aromatic carbocycles. The van der Waals surface area contributed by atoms with Crippen LogP contribution in [0.1, 0.15) is 21.5 Å². The first-order chi connectivity index (χ1) is 16.3. The van der Waals surface area contributed by atoms with Crippen molar-refractivity contribution in [3.63, 3.8) is 0 Å². The van der Waals surface area contributed by atoms with E-state index in [2.05, 4.69) is 15.3 Å². The first-order valence-electron chi connectivity index (χ1n) is 10.1. The number of nitrogens with zero attached hydrogens (tertiary/aromatic N) is 2. The number of hydrogen-bond donors (Lipinski definition) is 3. The number of ether oxygens (including phenoxy) is 1. The first kappa shape index (κ1) is 21.6. The van der Waals surface area contributed by atoms with Crippen LogP contribution >= 0.6 is 0 Å². The molecular weight excluding hydrogens is 460 g/mol. The van der Waals surface area contributed by atoms with E-state index in [4.69, 9.17) is 4.74 Å². The van der Waals surface area contributed by atoms with Crippen molar-refractivity contribution in [2.75, 3.05) is 7.05 Å². The number of aliphatic hydroxyl groups is 1. The maximum atomic E-state index is 13.6. The van der Waals surface area contributed by atoms with Crippen molar-refractivity contribution >= 4 is 33.1 Å². The number of carbonyl (C=O) groups is 2. The van der Waals surface area contributed by atoms with Gasteiger partial charge in [0.25, 0.3) is 15.9 Å². The molecule has 1 aromatic heterocycles. The van der Waals surface area contributed by atoms with Gasteiger partial charge in [0.2, 0.25) is 5.72 Å². The van der Waals surface area contributed by atoms with E-state index in [1.54, 1.807) is 18.2 Å². The molecule has 1 atom stereocenters. The summed E-state index contributed by atoms with van der Waals surface area (Å²) in [4.78, 5) is 31.6. The minimum Gasteiger partial charge on any atom is -0.375 e. The highest BCUT2D eigenvalue weighted by atomic mass is 32.2. The van der Waals surface area contributed by atoms with E-state index < -0.39 is 27.7 Å². The van der Waals surface area contributed by atoms with Crippen molar-refractivity contribution in [3.8, 4) is 6.01 Å². The number of fused-ring (bicyclic) bond motifs is 2. The van der Waals surface area contributed by atoms with Gasteiger partial charge in [-0.3, -0.25) is 4.79 Å². The molecule has 5 rings (SSSR count). The number of aromatic amines is 1. The minimum atomic E-state index is -4.45. The molecule has 0 radical (unpaired) electrons. The molecular formula is C23H18N4O6S. The minimum absolute atomic E-state index is 0.0675. The Kier molecular flexibility index (Phi) is 4.88. The predicted molar refractivity (Wildman–Crippen MR) is 120 cm³/mol. The third kappa shape index (κ3) is 3.13. The van der Waals surface area contributed by atoms with Crippen LogP contribution in [0.5, 0.6) is 6.01 Å². The van der Waals surface area contributed by atoms with Crippen molar-refractivity contribution in [1.29, 1.82) is 0 Å². The van der Waals surface area contributed by atoms with Crippen molar-refractivity contribution < 1.29 is 27.9 Å². The number of aromatic nitrogens is 2. The fraction of sp³-hybridized carbons (Fsp3) is 0.0870. The van der Waals surface area contributed by atoms with Gasteiger partial charge in [-0.1, -0.05) is 42.5 Å². The van der Waals surface area contributed by atoms with E-state index in [0.717, 1.165) is 0 Å². The number of nitrogens with one attached hydrogen (secondary N) is 2. The summed E-state index contributed by atoms with van der Waals surface area (Å²) < 4.78 is 32.7. The summed E-state index contributed by atoms with van der Waals surface area (Å²) in [5, 5.41) is 14.3. The van der Waals surface area contributed by atoms with Crippen molar-refractivity contribution in [2.24, 2.45) is 0 Å². The fourth-order valence-electron chi connectivity index (χ4n) is 3.98. The Labute approximate surface area is 193 Å². The lowest BCUT2D eigenvalue weighted by Gasteiger charge is -2.33. The Hall–Kier alpha value is -4.22. The molecule has 1 aliphatic rings. The largest absolute Gasteiger partial charge is 0.414 e. The molecule has 2 heterocycles. The molecule has 172 valence electrons. The van der Waals surface area contributed by atoms with Gasteiger partial charge in [-0.25, -0.2) is 13.2 Å². The van der Waals surface area contributed by atoms with Gasteiger partial charge in [0.05, 0.1) is 15.9 Å². The lowest BCUT2D eigenvalue weighted by molar-refractivity contribution is -0.00707. The molecule has 34 heavy (non-hydrogen) atoms. The van der Waals surface area contributed by atoms with E-state index in [1.165, 1.54) is 61.6 Å². The maximum absolute atomic E-state index is 13.6. The molecule has 1 aliphatic heterocycles. The number of sulfonamides is 1. The quantitative estimate of drug-likeness (QED) is 0.409. The molecule has 0 fully saturated rings. The van der Waals surface area contributed by atoms with Crippen LogP contribution in [0.2, 0.25) is 0 Å². The molecule has 4 aromatic rings. The molecule has 10 nitrogen and oxygen atoms in total. The van der Waals surface area contributed by atoms with E-state index in [-0.39, 0.29) is 27.6 Å². The Balaban J connectivity index is 1.70. The van der Waals surface area contributed by atoms with Crippen molar-refractivity contribution in [3.05, 3.63) is 89.5 Å². The van der Waals surface area contributed by atoms with Gasteiger partial charge in [0.15, 0.2) is 0 Å². The van der Waals surface area contributed by atoms with Gasteiger partial charge in [0.1, 0.15) is 0 Å². The Morgan fingerprint density at radius 2 is 1.79 bits per heavy atom. The topological polar surface area (TPSA) is 142 Å². The molecule has 0 saturated heterocycles. The van der Waals surface area contributed by atoms with Crippen LogP contribution in [0.25, 0.3) is 11.0 Å². The van der Waals surface area contributed by atoms with Crippen LogP contribution in [0.3, 0.4) is 0 Å². The van der Waals surface area contributed by atoms with Crippen LogP contribution in [0.4, 0.5) is 4.79 Å². The van der Waals surface area contributed by atoms with E-state index in [1.807, 2.05) is 0 Å². The van der Waals surface area contributed by atoms with Gasteiger partial charge in [-0.2, -0.15) is 9.29 Å². The molecule has 0 aliphatic carbocycles. The molecule has 1 unspecified atom stereocenters. The molecule has 11 heteroatoms.